The zero-order chi connectivity index (χ0) is 9.68. The summed E-state index contributed by atoms with van der Waals surface area (Å²) in [5, 5.41) is 3.36. The molecule has 1 aromatic rings. The summed E-state index contributed by atoms with van der Waals surface area (Å²) in [4.78, 5) is 10.7. The number of rotatable bonds is 2. The molecular weight excluding hydrogens is 168 g/mol. The third-order valence-corrected chi connectivity index (χ3v) is 1.39. The van der Waals surface area contributed by atoms with Crippen molar-refractivity contribution in [1.29, 1.82) is 0 Å². The number of nitrogens with zero attached hydrogens (tertiary/aromatic N) is 1. The molecule has 0 saturated carbocycles. The average Bonchev–Trinajstić information content (AvgIpc) is 2.08. The van der Waals surface area contributed by atoms with Crippen molar-refractivity contribution < 1.29 is 9.53 Å². The van der Waals surface area contributed by atoms with E-state index in [-0.39, 0.29) is 5.97 Å². The molecule has 0 aromatic heterocycles. The van der Waals surface area contributed by atoms with Crippen LogP contribution in [0.15, 0.2) is 29.4 Å². The third kappa shape index (κ3) is 2.59. The normalized spacial score (nSPS) is 10.2. The maximum absolute atomic E-state index is 10.7. The highest BCUT2D eigenvalue weighted by Gasteiger charge is 2.02. The maximum Gasteiger partial charge on any atom is 0.308 e. The Kier molecular flexibility index (Phi) is 3.03. The van der Waals surface area contributed by atoms with E-state index in [1.54, 1.807) is 18.2 Å². The Labute approximate surface area is 76.0 Å². The number of hydrazone groups is 1. The van der Waals surface area contributed by atoms with E-state index in [9.17, 15) is 4.79 Å². The molecule has 13 heavy (non-hydrogen) atoms. The minimum atomic E-state index is -0.363. The van der Waals surface area contributed by atoms with E-state index in [1.165, 1.54) is 13.1 Å². The van der Waals surface area contributed by atoms with Crippen LogP contribution in [0, 0.1) is 0 Å². The summed E-state index contributed by atoms with van der Waals surface area (Å²) in [5.41, 5.74) is 0.681. The summed E-state index contributed by atoms with van der Waals surface area (Å²) >= 11 is 0. The Morgan fingerprint density at radius 2 is 2.23 bits per heavy atom. The van der Waals surface area contributed by atoms with Gasteiger partial charge in [0.1, 0.15) is 5.75 Å². The second kappa shape index (κ2) is 4.25. The van der Waals surface area contributed by atoms with Crippen LogP contribution in [0.4, 0.5) is 0 Å². The van der Waals surface area contributed by atoms with Gasteiger partial charge in [0.2, 0.25) is 0 Å². The summed E-state index contributed by atoms with van der Waals surface area (Å²) in [5.74, 6) is 5.09. The Hall–Kier alpha value is -1.84. The number of esters is 1. The van der Waals surface area contributed by atoms with E-state index in [0.29, 0.717) is 11.3 Å². The minimum Gasteiger partial charge on any atom is -0.426 e. The van der Waals surface area contributed by atoms with Gasteiger partial charge in [-0.15, -0.1) is 0 Å². The largest absolute Gasteiger partial charge is 0.426 e. The van der Waals surface area contributed by atoms with Gasteiger partial charge in [0.15, 0.2) is 0 Å². The van der Waals surface area contributed by atoms with Crippen molar-refractivity contribution in [2.24, 2.45) is 10.9 Å². The van der Waals surface area contributed by atoms with E-state index >= 15 is 0 Å². The van der Waals surface area contributed by atoms with Crippen molar-refractivity contribution >= 4 is 12.2 Å². The predicted octanol–water partition coefficient (Wildman–Crippen LogP) is 0.905. The van der Waals surface area contributed by atoms with Gasteiger partial charge in [0.05, 0.1) is 6.21 Å². The Bertz CT molecular complexity index is 334. The van der Waals surface area contributed by atoms with Gasteiger partial charge >= 0.3 is 5.97 Å². The average molecular weight is 178 g/mol. The highest BCUT2D eigenvalue weighted by atomic mass is 16.5. The van der Waals surface area contributed by atoms with Gasteiger partial charge in [-0.1, -0.05) is 12.1 Å². The Morgan fingerprint density at radius 3 is 2.85 bits per heavy atom. The summed E-state index contributed by atoms with van der Waals surface area (Å²) in [6.45, 7) is 1.34. The molecule has 2 N–H and O–H groups in total. The Balaban J connectivity index is 2.97. The van der Waals surface area contributed by atoms with Crippen LogP contribution in [0.1, 0.15) is 12.5 Å². The minimum absolute atomic E-state index is 0.363. The first-order valence-electron chi connectivity index (χ1n) is 3.74. The third-order valence-electron chi connectivity index (χ3n) is 1.39. The van der Waals surface area contributed by atoms with Crippen LogP contribution >= 0.6 is 0 Å². The molecule has 0 heterocycles. The highest BCUT2D eigenvalue weighted by molar-refractivity contribution is 5.84. The molecule has 0 saturated heterocycles. The summed E-state index contributed by atoms with van der Waals surface area (Å²) in [6, 6.07) is 7.02. The molecule has 0 aliphatic carbocycles. The zero-order valence-corrected chi connectivity index (χ0v) is 7.23. The molecule has 4 heteroatoms. The second-order valence-electron chi connectivity index (χ2n) is 2.41. The number of para-hydroxylation sites is 1. The highest BCUT2D eigenvalue weighted by Crippen LogP contribution is 2.15. The zero-order valence-electron chi connectivity index (χ0n) is 7.23. The molecule has 1 rings (SSSR count). The molecule has 0 aliphatic rings. The quantitative estimate of drug-likeness (QED) is 0.240. The van der Waals surface area contributed by atoms with E-state index in [2.05, 4.69) is 5.10 Å². The number of benzene rings is 1. The number of carbonyl (C=O) groups excluding carboxylic acids is 1. The van der Waals surface area contributed by atoms with Crippen LogP contribution in [0.5, 0.6) is 5.75 Å². The number of nitrogens with two attached hydrogens (primary N) is 1. The molecule has 0 atom stereocenters. The molecule has 0 unspecified atom stereocenters. The number of ether oxygens (including phenoxy) is 1. The molecule has 4 nitrogen and oxygen atoms in total. The number of hydrogen-bond acceptors (Lipinski definition) is 4. The number of carbonyl (C=O) groups is 1. The topological polar surface area (TPSA) is 64.7 Å². The van der Waals surface area contributed by atoms with Crippen molar-refractivity contribution in [3.05, 3.63) is 29.8 Å². The van der Waals surface area contributed by atoms with Gasteiger partial charge in [-0.25, -0.2) is 0 Å². The molecule has 0 amide bonds. The molecule has 0 bridgehead atoms. The van der Waals surface area contributed by atoms with Crippen LogP contribution in [-0.2, 0) is 4.79 Å². The first-order chi connectivity index (χ1) is 6.24. The Morgan fingerprint density at radius 1 is 1.54 bits per heavy atom. The van der Waals surface area contributed by atoms with Gasteiger partial charge in [-0.3, -0.25) is 4.79 Å². The summed E-state index contributed by atoms with van der Waals surface area (Å²) in [6.07, 6.45) is 1.43. The fourth-order valence-electron chi connectivity index (χ4n) is 0.915. The lowest BCUT2D eigenvalue weighted by atomic mass is 10.2. The monoisotopic (exact) mass is 178 g/mol. The van der Waals surface area contributed by atoms with Crippen molar-refractivity contribution in [3.63, 3.8) is 0 Å². The summed E-state index contributed by atoms with van der Waals surface area (Å²) < 4.78 is 4.91. The predicted molar refractivity (Wildman–Crippen MR) is 49.5 cm³/mol. The number of hydrogen-bond donors (Lipinski definition) is 1. The van der Waals surface area contributed by atoms with Crippen molar-refractivity contribution in [1.82, 2.24) is 0 Å². The van der Waals surface area contributed by atoms with Gasteiger partial charge in [-0.05, 0) is 12.1 Å². The molecule has 0 fully saturated rings. The lowest BCUT2D eigenvalue weighted by molar-refractivity contribution is -0.131. The molecular formula is C9H10N2O2. The second-order valence-corrected chi connectivity index (χ2v) is 2.41. The van der Waals surface area contributed by atoms with E-state index < -0.39 is 0 Å². The lowest BCUT2D eigenvalue weighted by Crippen LogP contribution is -2.03. The standard InChI is InChI=1S/C9H10N2O2/c1-7(12)13-9-5-3-2-4-8(9)6-11-10/h2-6H,10H2,1H3. The molecule has 0 radical (unpaired) electrons. The van der Waals surface area contributed by atoms with Crippen LogP contribution in [-0.4, -0.2) is 12.2 Å². The van der Waals surface area contributed by atoms with Crippen molar-refractivity contribution in [3.8, 4) is 5.75 Å². The van der Waals surface area contributed by atoms with Crippen LogP contribution in [0.2, 0.25) is 0 Å². The first-order valence-corrected chi connectivity index (χ1v) is 3.74. The fourth-order valence-corrected chi connectivity index (χ4v) is 0.915. The molecule has 0 aliphatic heterocycles. The van der Waals surface area contributed by atoms with Gasteiger partial charge in [-0.2, -0.15) is 5.10 Å². The first kappa shape index (κ1) is 9.25. The van der Waals surface area contributed by atoms with Gasteiger partial charge in [0.25, 0.3) is 0 Å². The van der Waals surface area contributed by atoms with Crippen molar-refractivity contribution in [2.75, 3.05) is 0 Å². The maximum atomic E-state index is 10.7. The smallest absolute Gasteiger partial charge is 0.308 e. The SMILES string of the molecule is CC(=O)Oc1ccccc1C=NN. The molecule has 68 valence electrons. The van der Waals surface area contributed by atoms with Gasteiger partial charge in [0, 0.05) is 12.5 Å². The fraction of sp³-hybridized carbons (Fsp3) is 0.111. The summed E-state index contributed by atoms with van der Waals surface area (Å²) in [7, 11) is 0. The van der Waals surface area contributed by atoms with Crippen LogP contribution in [0.25, 0.3) is 0 Å². The van der Waals surface area contributed by atoms with Crippen LogP contribution in [0.3, 0.4) is 0 Å². The van der Waals surface area contributed by atoms with E-state index in [0.717, 1.165) is 0 Å². The molecule has 0 spiro atoms. The van der Waals surface area contributed by atoms with Crippen LogP contribution < -0.4 is 10.6 Å². The molecule has 1 aromatic carbocycles. The lowest BCUT2D eigenvalue weighted by Gasteiger charge is -2.03. The van der Waals surface area contributed by atoms with Gasteiger partial charge < -0.3 is 10.6 Å². The van der Waals surface area contributed by atoms with Crippen molar-refractivity contribution in [2.45, 2.75) is 6.92 Å². The van der Waals surface area contributed by atoms with E-state index in [4.69, 9.17) is 10.6 Å². The van der Waals surface area contributed by atoms with E-state index in [1.807, 2.05) is 6.07 Å².